The molecule has 0 aliphatic rings. The largest absolute Gasteiger partial charge is 0.360 e. The van der Waals surface area contributed by atoms with E-state index in [1.807, 2.05) is 46.8 Å². The first-order chi connectivity index (χ1) is 9.06. The molecule has 5 heteroatoms. The Morgan fingerprint density at radius 3 is 1.95 bits per heavy atom. The summed E-state index contributed by atoms with van der Waals surface area (Å²) in [6, 6.07) is 6.14. The summed E-state index contributed by atoms with van der Waals surface area (Å²) < 4.78 is 21.8. The maximum atomic E-state index is 5.71. The van der Waals surface area contributed by atoms with Crippen molar-refractivity contribution in [3.8, 4) is 0 Å². The number of benzene rings is 1. The van der Waals surface area contributed by atoms with Crippen molar-refractivity contribution >= 4 is 13.4 Å². The van der Waals surface area contributed by atoms with E-state index in [1.165, 1.54) is 0 Å². The molecular formula is C14H24NO3P. The highest BCUT2D eigenvalue weighted by Crippen LogP contribution is 2.55. The number of hydrogen-bond acceptors (Lipinski definition) is 4. The Bertz CT molecular complexity index is 436. The van der Waals surface area contributed by atoms with Gasteiger partial charge in [-0.1, -0.05) is 12.1 Å². The SMILES string of the molecule is CCOP(=Nc1cc(C)ccc1C)(OCC)OCC. The third kappa shape index (κ3) is 4.73. The maximum Gasteiger partial charge on any atom is 0.360 e. The molecule has 0 amide bonds. The second-order valence-electron chi connectivity index (χ2n) is 4.11. The van der Waals surface area contributed by atoms with Gasteiger partial charge in [0.05, 0.1) is 25.5 Å². The summed E-state index contributed by atoms with van der Waals surface area (Å²) in [7, 11) is -2.64. The minimum absolute atomic E-state index is 0.516. The molecule has 1 aromatic rings. The second-order valence-corrected chi connectivity index (χ2v) is 6.02. The van der Waals surface area contributed by atoms with Crippen LogP contribution in [0.2, 0.25) is 0 Å². The summed E-state index contributed by atoms with van der Waals surface area (Å²) in [6.45, 7) is 11.4. The summed E-state index contributed by atoms with van der Waals surface area (Å²) in [5.41, 5.74) is 3.13. The Kier molecular flexibility index (Phi) is 6.73. The number of rotatable bonds is 7. The van der Waals surface area contributed by atoms with Crippen LogP contribution in [0.15, 0.2) is 22.9 Å². The van der Waals surface area contributed by atoms with Crippen molar-refractivity contribution < 1.29 is 13.6 Å². The molecule has 0 atom stereocenters. The monoisotopic (exact) mass is 285 g/mol. The normalized spacial score (nSPS) is 11.6. The lowest BCUT2D eigenvalue weighted by Crippen LogP contribution is -2.00. The van der Waals surface area contributed by atoms with E-state index in [2.05, 4.69) is 10.8 Å². The molecule has 108 valence electrons. The van der Waals surface area contributed by atoms with E-state index in [-0.39, 0.29) is 0 Å². The van der Waals surface area contributed by atoms with Crippen LogP contribution in [0.25, 0.3) is 0 Å². The van der Waals surface area contributed by atoms with Crippen molar-refractivity contribution in [3.63, 3.8) is 0 Å². The number of aryl methyl sites for hydroxylation is 2. The minimum atomic E-state index is -2.64. The van der Waals surface area contributed by atoms with Crippen LogP contribution in [-0.4, -0.2) is 19.8 Å². The highest BCUT2D eigenvalue weighted by molar-refractivity contribution is 7.51. The van der Waals surface area contributed by atoms with E-state index >= 15 is 0 Å². The minimum Gasteiger partial charge on any atom is -0.303 e. The molecule has 0 saturated carbocycles. The molecule has 1 aromatic carbocycles. The van der Waals surface area contributed by atoms with Gasteiger partial charge in [-0.25, -0.2) is 0 Å². The number of hydrogen-bond donors (Lipinski definition) is 0. The molecule has 4 nitrogen and oxygen atoms in total. The molecule has 0 fully saturated rings. The lowest BCUT2D eigenvalue weighted by molar-refractivity contribution is 0.163. The van der Waals surface area contributed by atoms with E-state index in [9.17, 15) is 0 Å². The Morgan fingerprint density at radius 2 is 1.47 bits per heavy atom. The summed E-state index contributed by atoms with van der Waals surface area (Å²) in [6.07, 6.45) is 0. The molecule has 0 unspecified atom stereocenters. The van der Waals surface area contributed by atoms with E-state index in [1.54, 1.807) is 0 Å². The standard InChI is InChI=1S/C14H24NO3P/c1-6-16-19(17-7-2,18-8-3)15-14-11-12(4)9-10-13(14)5/h9-11H,6-8H2,1-5H3. The molecule has 0 N–H and O–H groups in total. The average Bonchev–Trinajstić information content (AvgIpc) is 2.35. The van der Waals surface area contributed by atoms with Crippen LogP contribution in [0.1, 0.15) is 31.9 Å². The molecule has 0 aliphatic carbocycles. The molecule has 0 spiro atoms. The van der Waals surface area contributed by atoms with Gasteiger partial charge in [0, 0.05) is 0 Å². The molecule has 0 radical (unpaired) electrons. The third-order valence-corrected chi connectivity index (χ3v) is 4.69. The van der Waals surface area contributed by atoms with Gasteiger partial charge in [0.1, 0.15) is 0 Å². The van der Waals surface area contributed by atoms with Gasteiger partial charge >= 0.3 is 7.74 Å². The van der Waals surface area contributed by atoms with Crippen LogP contribution in [0.4, 0.5) is 5.69 Å². The van der Waals surface area contributed by atoms with Gasteiger partial charge in [-0.2, -0.15) is 4.74 Å². The molecule has 0 bridgehead atoms. The predicted octanol–water partition coefficient (Wildman–Crippen LogP) is 4.99. The molecule has 0 saturated heterocycles. The summed E-state index contributed by atoms with van der Waals surface area (Å²) >= 11 is 0. The first-order valence-corrected chi connectivity index (χ1v) is 8.19. The lowest BCUT2D eigenvalue weighted by Gasteiger charge is -2.22. The highest BCUT2D eigenvalue weighted by Gasteiger charge is 2.22. The van der Waals surface area contributed by atoms with E-state index in [0.717, 1.165) is 16.8 Å². The van der Waals surface area contributed by atoms with Crippen LogP contribution in [0, 0.1) is 13.8 Å². The van der Waals surface area contributed by atoms with E-state index in [4.69, 9.17) is 13.6 Å². The Balaban J connectivity index is 3.27. The fourth-order valence-electron chi connectivity index (χ4n) is 1.65. The van der Waals surface area contributed by atoms with Crippen molar-refractivity contribution in [2.45, 2.75) is 34.6 Å². The molecule has 0 heterocycles. The average molecular weight is 285 g/mol. The summed E-state index contributed by atoms with van der Waals surface area (Å²) in [5.74, 6) is 0. The van der Waals surface area contributed by atoms with Crippen molar-refractivity contribution in [1.29, 1.82) is 0 Å². The summed E-state index contributed by atoms with van der Waals surface area (Å²) in [4.78, 5) is 0. The fraction of sp³-hybridized carbons (Fsp3) is 0.571. The van der Waals surface area contributed by atoms with Gasteiger partial charge in [0.15, 0.2) is 0 Å². The van der Waals surface area contributed by atoms with Crippen molar-refractivity contribution in [1.82, 2.24) is 0 Å². The predicted molar refractivity (Wildman–Crippen MR) is 79.8 cm³/mol. The van der Waals surface area contributed by atoms with E-state index < -0.39 is 7.74 Å². The summed E-state index contributed by atoms with van der Waals surface area (Å²) in [5, 5.41) is 0. The smallest absolute Gasteiger partial charge is 0.303 e. The lowest BCUT2D eigenvalue weighted by atomic mass is 10.1. The van der Waals surface area contributed by atoms with Crippen molar-refractivity contribution in [2.75, 3.05) is 19.8 Å². The highest BCUT2D eigenvalue weighted by atomic mass is 31.2. The van der Waals surface area contributed by atoms with E-state index in [0.29, 0.717) is 19.8 Å². The third-order valence-electron chi connectivity index (χ3n) is 2.47. The molecule has 1 rings (SSSR count). The zero-order valence-corrected chi connectivity index (χ0v) is 13.4. The fourth-order valence-corrected chi connectivity index (χ4v) is 3.50. The first kappa shape index (κ1) is 16.4. The van der Waals surface area contributed by atoms with Gasteiger partial charge in [0.25, 0.3) is 0 Å². The first-order valence-electron chi connectivity index (χ1n) is 6.70. The second kappa shape index (κ2) is 7.81. The van der Waals surface area contributed by atoms with Crippen molar-refractivity contribution in [2.24, 2.45) is 4.74 Å². The zero-order chi connectivity index (χ0) is 14.3. The number of nitrogens with zero attached hydrogens (tertiary/aromatic N) is 1. The zero-order valence-electron chi connectivity index (χ0n) is 12.5. The van der Waals surface area contributed by atoms with Gasteiger partial charge in [-0.15, -0.1) is 0 Å². The van der Waals surface area contributed by atoms with Crippen LogP contribution in [0.5, 0.6) is 0 Å². The van der Waals surface area contributed by atoms with Crippen LogP contribution in [0.3, 0.4) is 0 Å². The van der Waals surface area contributed by atoms with Crippen LogP contribution in [-0.2, 0) is 13.6 Å². The van der Waals surface area contributed by atoms with Gasteiger partial charge in [-0.05, 0) is 51.8 Å². The Hall–Kier alpha value is -0.670. The van der Waals surface area contributed by atoms with Gasteiger partial charge in [0.2, 0.25) is 0 Å². The van der Waals surface area contributed by atoms with Crippen molar-refractivity contribution in [3.05, 3.63) is 29.3 Å². The van der Waals surface area contributed by atoms with Gasteiger partial charge < -0.3 is 13.6 Å². The molecule has 0 aromatic heterocycles. The van der Waals surface area contributed by atoms with Gasteiger partial charge in [-0.3, -0.25) is 0 Å². The topological polar surface area (TPSA) is 40.0 Å². The molecule has 19 heavy (non-hydrogen) atoms. The Morgan fingerprint density at radius 1 is 0.947 bits per heavy atom. The van der Waals surface area contributed by atoms with Crippen LogP contribution >= 0.6 is 7.74 Å². The van der Waals surface area contributed by atoms with Crippen LogP contribution < -0.4 is 0 Å². The maximum absolute atomic E-state index is 5.71. The molecular weight excluding hydrogens is 261 g/mol. The quantitative estimate of drug-likeness (QED) is 0.662. The Labute approximate surface area is 116 Å². The molecule has 0 aliphatic heterocycles.